The second-order valence-electron chi connectivity index (χ2n) is 8.05. The third kappa shape index (κ3) is 9.26. The minimum atomic E-state index is -3.57. The van der Waals surface area contributed by atoms with E-state index in [9.17, 15) is 18.7 Å². The van der Waals surface area contributed by atoms with Gasteiger partial charge in [0.25, 0.3) is 5.92 Å². The first-order valence-electron chi connectivity index (χ1n) is 11.5. The Bertz CT molecular complexity index is 497. The standard InChI is InChI=1S/C22H41F2NO6/c1-5-8-11-28-14-17-19(29-12-9-6-2)20(30-13-10-7-3)18(25-16(4)27)21(31-17)22(23,24)15-26/h17-21,26H,5-15H2,1-4H3,(H,25,27)/t17-,18?,19+,20-,21+/m1/s1. The summed E-state index contributed by atoms with van der Waals surface area (Å²) in [5.41, 5.74) is 0. The van der Waals surface area contributed by atoms with Crippen LogP contribution in [-0.4, -0.2) is 80.4 Å². The van der Waals surface area contributed by atoms with Crippen molar-refractivity contribution in [2.75, 3.05) is 33.0 Å². The van der Waals surface area contributed by atoms with Gasteiger partial charge in [0.15, 0.2) is 0 Å². The summed E-state index contributed by atoms with van der Waals surface area (Å²) in [5.74, 6) is -4.06. The van der Waals surface area contributed by atoms with Gasteiger partial charge < -0.3 is 29.4 Å². The summed E-state index contributed by atoms with van der Waals surface area (Å²) in [6.07, 6.45) is 0.980. The fraction of sp³-hybridized carbons (Fsp3) is 0.955. The van der Waals surface area contributed by atoms with Crippen LogP contribution in [0.4, 0.5) is 8.78 Å². The Morgan fingerprint density at radius 1 is 1.00 bits per heavy atom. The summed E-state index contributed by atoms with van der Waals surface area (Å²) >= 11 is 0. The molecule has 1 fully saturated rings. The number of ether oxygens (including phenoxy) is 4. The van der Waals surface area contributed by atoms with Gasteiger partial charge in [0, 0.05) is 26.7 Å². The summed E-state index contributed by atoms with van der Waals surface area (Å²) in [4.78, 5) is 11.8. The molecule has 184 valence electrons. The van der Waals surface area contributed by atoms with Gasteiger partial charge >= 0.3 is 0 Å². The van der Waals surface area contributed by atoms with Crippen LogP contribution in [-0.2, 0) is 23.7 Å². The smallest absolute Gasteiger partial charge is 0.298 e. The van der Waals surface area contributed by atoms with Gasteiger partial charge in [0.2, 0.25) is 5.91 Å². The largest absolute Gasteiger partial charge is 0.390 e. The predicted molar refractivity (Wildman–Crippen MR) is 113 cm³/mol. The molecule has 7 nitrogen and oxygen atoms in total. The molecule has 1 aliphatic heterocycles. The number of hydrogen-bond acceptors (Lipinski definition) is 6. The van der Waals surface area contributed by atoms with Crippen molar-refractivity contribution in [3.63, 3.8) is 0 Å². The number of carbonyl (C=O) groups excluding carboxylic acids is 1. The minimum Gasteiger partial charge on any atom is -0.390 e. The summed E-state index contributed by atoms with van der Waals surface area (Å²) < 4.78 is 52.9. The molecule has 1 rings (SSSR count). The fourth-order valence-electron chi connectivity index (χ4n) is 3.49. The van der Waals surface area contributed by atoms with Crippen LogP contribution in [0.2, 0.25) is 0 Å². The van der Waals surface area contributed by atoms with Crippen molar-refractivity contribution < 1.29 is 37.6 Å². The third-order valence-electron chi connectivity index (χ3n) is 5.23. The lowest BCUT2D eigenvalue weighted by Gasteiger charge is -2.48. The molecule has 0 radical (unpaired) electrons. The Labute approximate surface area is 185 Å². The molecule has 9 heteroatoms. The van der Waals surface area contributed by atoms with E-state index < -0.39 is 48.9 Å². The SMILES string of the molecule is CCCCOC[C@H]1O[C@H](C(F)(F)CO)C(NC(C)=O)[C@@H](OCCCC)[C@H]1OCCCC. The van der Waals surface area contributed by atoms with Gasteiger partial charge in [0.1, 0.15) is 31.0 Å². The normalized spacial score (nSPS) is 26.7. The highest BCUT2D eigenvalue weighted by molar-refractivity contribution is 5.73. The van der Waals surface area contributed by atoms with E-state index in [-0.39, 0.29) is 6.61 Å². The molecule has 0 aromatic heterocycles. The molecule has 0 saturated carbocycles. The summed E-state index contributed by atoms with van der Waals surface area (Å²) in [5, 5.41) is 11.9. The molecule has 5 atom stereocenters. The van der Waals surface area contributed by atoms with Crippen LogP contribution in [0.1, 0.15) is 66.2 Å². The molecule has 0 bridgehead atoms. The zero-order valence-electron chi connectivity index (χ0n) is 19.4. The number of hydrogen-bond donors (Lipinski definition) is 2. The van der Waals surface area contributed by atoms with Crippen molar-refractivity contribution in [2.45, 2.75) is 103 Å². The highest BCUT2D eigenvalue weighted by atomic mass is 19.3. The average Bonchev–Trinajstić information content (AvgIpc) is 2.73. The molecule has 1 heterocycles. The van der Waals surface area contributed by atoms with Gasteiger partial charge in [-0.25, -0.2) is 8.78 Å². The number of carbonyl (C=O) groups is 1. The maximum atomic E-state index is 14.7. The van der Waals surface area contributed by atoms with Gasteiger partial charge in [-0.3, -0.25) is 4.79 Å². The monoisotopic (exact) mass is 453 g/mol. The Morgan fingerprint density at radius 3 is 2.06 bits per heavy atom. The zero-order valence-corrected chi connectivity index (χ0v) is 19.4. The maximum Gasteiger partial charge on any atom is 0.298 e. The molecular weight excluding hydrogens is 412 g/mol. The highest BCUT2D eigenvalue weighted by Crippen LogP contribution is 2.35. The van der Waals surface area contributed by atoms with Crippen molar-refractivity contribution in [1.82, 2.24) is 5.32 Å². The summed E-state index contributed by atoms with van der Waals surface area (Å²) in [6, 6.07) is -1.17. The second-order valence-corrected chi connectivity index (χ2v) is 8.05. The molecule has 31 heavy (non-hydrogen) atoms. The second kappa shape index (κ2) is 15.1. The topological polar surface area (TPSA) is 86.2 Å². The molecule has 1 unspecified atom stereocenters. The van der Waals surface area contributed by atoms with Crippen molar-refractivity contribution in [3.8, 4) is 0 Å². The number of aliphatic hydroxyl groups excluding tert-OH is 1. The first kappa shape index (κ1) is 28.2. The van der Waals surface area contributed by atoms with Crippen molar-refractivity contribution >= 4 is 5.91 Å². The van der Waals surface area contributed by atoms with Crippen LogP contribution in [0.3, 0.4) is 0 Å². The Morgan fingerprint density at radius 2 is 1.55 bits per heavy atom. The molecule has 1 amide bonds. The van der Waals surface area contributed by atoms with Gasteiger partial charge in [-0.15, -0.1) is 0 Å². The van der Waals surface area contributed by atoms with Crippen LogP contribution in [0.5, 0.6) is 0 Å². The van der Waals surface area contributed by atoms with E-state index in [2.05, 4.69) is 5.32 Å². The number of unbranched alkanes of at least 4 members (excludes halogenated alkanes) is 3. The van der Waals surface area contributed by atoms with Gasteiger partial charge in [0.05, 0.1) is 12.6 Å². The lowest BCUT2D eigenvalue weighted by atomic mass is 9.89. The van der Waals surface area contributed by atoms with Crippen LogP contribution < -0.4 is 5.32 Å². The molecule has 1 aliphatic rings. The van der Waals surface area contributed by atoms with Crippen LogP contribution >= 0.6 is 0 Å². The van der Waals surface area contributed by atoms with Gasteiger partial charge in [-0.1, -0.05) is 40.0 Å². The van der Waals surface area contributed by atoms with E-state index in [1.54, 1.807) is 0 Å². The number of amides is 1. The number of alkyl halides is 2. The van der Waals surface area contributed by atoms with Gasteiger partial charge in [-0.2, -0.15) is 0 Å². The molecule has 1 saturated heterocycles. The molecule has 0 spiro atoms. The van der Waals surface area contributed by atoms with Crippen molar-refractivity contribution in [1.29, 1.82) is 0 Å². The average molecular weight is 454 g/mol. The van der Waals surface area contributed by atoms with Crippen molar-refractivity contribution in [2.24, 2.45) is 0 Å². The first-order valence-corrected chi connectivity index (χ1v) is 11.5. The van der Waals surface area contributed by atoms with Gasteiger partial charge in [-0.05, 0) is 19.3 Å². The Hall–Kier alpha value is -0.870. The van der Waals surface area contributed by atoms with Crippen molar-refractivity contribution in [3.05, 3.63) is 0 Å². The van der Waals surface area contributed by atoms with Crippen LogP contribution in [0.15, 0.2) is 0 Å². The van der Waals surface area contributed by atoms with E-state index >= 15 is 0 Å². The Balaban J connectivity index is 3.21. The van der Waals surface area contributed by atoms with E-state index in [1.807, 2.05) is 20.8 Å². The zero-order chi connectivity index (χ0) is 23.3. The van der Waals surface area contributed by atoms with E-state index in [0.717, 1.165) is 38.5 Å². The lowest BCUT2D eigenvalue weighted by molar-refractivity contribution is -0.274. The maximum absolute atomic E-state index is 14.7. The Kier molecular flexibility index (Phi) is 13.7. The number of nitrogens with one attached hydrogen (secondary N) is 1. The molecule has 2 N–H and O–H groups in total. The van der Waals surface area contributed by atoms with E-state index in [0.29, 0.717) is 19.8 Å². The predicted octanol–water partition coefficient (Wildman–Crippen LogP) is 3.07. The van der Waals surface area contributed by atoms with Crippen LogP contribution in [0.25, 0.3) is 0 Å². The molecule has 0 aromatic carbocycles. The number of halogens is 2. The number of rotatable bonds is 16. The quantitative estimate of drug-likeness (QED) is 0.349. The molecule has 0 aromatic rings. The van der Waals surface area contributed by atoms with Crippen LogP contribution in [0, 0.1) is 0 Å². The van der Waals surface area contributed by atoms with E-state index in [4.69, 9.17) is 18.9 Å². The molecule has 0 aliphatic carbocycles. The number of aliphatic hydroxyl groups is 1. The molecular formula is C22H41F2NO6. The third-order valence-corrected chi connectivity index (χ3v) is 5.23. The lowest BCUT2D eigenvalue weighted by Crippen LogP contribution is -2.69. The first-order chi connectivity index (χ1) is 14.8. The minimum absolute atomic E-state index is 0.0647. The highest BCUT2D eigenvalue weighted by Gasteiger charge is 2.56. The summed E-state index contributed by atoms with van der Waals surface area (Å²) in [7, 11) is 0. The van der Waals surface area contributed by atoms with E-state index in [1.165, 1.54) is 6.92 Å². The fourth-order valence-corrected chi connectivity index (χ4v) is 3.49. The summed E-state index contributed by atoms with van der Waals surface area (Å²) in [6.45, 7) is 7.21.